The molecule has 5 nitrogen and oxygen atoms in total. The third kappa shape index (κ3) is 2.93. The zero-order valence-electron chi connectivity index (χ0n) is 13.1. The van der Waals surface area contributed by atoms with Crippen molar-refractivity contribution in [1.82, 2.24) is 5.32 Å². The molecule has 1 amide bonds. The van der Waals surface area contributed by atoms with Crippen molar-refractivity contribution in [3.63, 3.8) is 0 Å². The number of fused-ring (bicyclic) bond motifs is 1. The highest BCUT2D eigenvalue weighted by Crippen LogP contribution is 2.37. The van der Waals surface area contributed by atoms with Gasteiger partial charge in [-0.15, -0.1) is 0 Å². The fourth-order valence-corrected chi connectivity index (χ4v) is 4.78. The molecule has 24 heavy (non-hydrogen) atoms. The lowest BCUT2D eigenvalue weighted by Crippen LogP contribution is -2.47. The molecule has 7 heteroatoms. The van der Waals surface area contributed by atoms with E-state index in [9.17, 15) is 13.2 Å². The van der Waals surface area contributed by atoms with Crippen LogP contribution in [0.2, 0.25) is 0 Å². The maximum Gasteiger partial charge on any atom is 0.265 e. The lowest BCUT2D eigenvalue weighted by Gasteiger charge is -2.26. The predicted octanol–water partition coefficient (Wildman–Crippen LogP) is 2.71. The number of carbonyl (C=O) groups excluding carboxylic acids is 1. The molecular weight excluding hydrogens is 392 g/mol. The summed E-state index contributed by atoms with van der Waals surface area (Å²) in [5, 5.41) is 2.73. The van der Waals surface area contributed by atoms with Gasteiger partial charge in [-0.1, -0.05) is 34.1 Å². The van der Waals surface area contributed by atoms with Gasteiger partial charge in [0, 0.05) is 17.4 Å². The smallest absolute Gasteiger partial charge is 0.265 e. The van der Waals surface area contributed by atoms with Gasteiger partial charge >= 0.3 is 0 Å². The number of carbonyl (C=O) groups is 1. The number of nitrogens with one attached hydrogen (secondary N) is 1. The number of para-hydroxylation sites is 1. The molecule has 1 aliphatic rings. The van der Waals surface area contributed by atoms with E-state index in [4.69, 9.17) is 0 Å². The summed E-state index contributed by atoms with van der Waals surface area (Å²) in [6.07, 6.45) is 0.373. The van der Waals surface area contributed by atoms with Crippen LogP contribution in [0.25, 0.3) is 0 Å². The van der Waals surface area contributed by atoms with Crippen molar-refractivity contribution in [1.29, 1.82) is 0 Å². The Morgan fingerprint density at radius 2 is 1.88 bits per heavy atom. The van der Waals surface area contributed by atoms with Crippen LogP contribution in [-0.4, -0.2) is 26.9 Å². The maximum absolute atomic E-state index is 13.2. The Hall–Kier alpha value is -1.86. The van der Waals surface area contributed by atoms with Crippen LogP contribution < -0.4 is 9.62 Å². The molecule has 2 aromatic rings. The van der Waals surface area contributed by atoms with Crippen molar-refractivity contribution < 1.29 is 13.2 Å². The van der Waals surface area contributed by atoms with Crippen LogP contribution in [0.1, 0.15) is 12.5 Å². The molecular formula is C17H17BrN2O3S. The Labute approximate surface area is 149 Å². The highest BCUT2D eigenvalue weighted by Gasteiger charge is 2.41. The molecule has 0 aliphatic carbocycles. The minimum absolute atomic E-state index is 0.164. The molecule has 1 heterocycles. The normalized spacial score (nSPS) is 16.8. The number of sulfonamides is 1. The number of likely N-dealkylation sites (N-methyl/N-ethyl adjacent to an activating group) is 1. The summed E-state index contributed by atoms with van der Waals surface area (Å²) in [6, 6.07) is 12.9. The van der Waals surface area contributed by atoms with E-state index >= 15 is 0 Å². The minimum Gasteiger partial charge on any atom is -0.355 e. The lowest BCUT2D eigenvalue weighted by atomic mass is 10.1. The van der Waals surface area contributed by atoms with E-state index in [2.05, 4.69) is 21.2 Å². The summed E-state index contributed by atoms with van der Waals surface area (Å²) >= 11 is 3.30. The fraction of sp³-hybridized carbons (Fsp3) is 0.235. The van der Waals surface area contributed by atoms with Crippen molar-refractivity contribution in [2.75, 3.05) is 10.8 Å². The first-order chi connectivity index (χ1) is 11.4. The number of hydrogen-bond acceptors (Lipinski definition) is 3. The van der Waals surface area contributed by atoms with Crippen LogP contribution in [0.3, 0.4) is 0 Å². The van der Waals surface area contributed by atoms with Gasteiger partial charge in [0.05, 0.1) is 10.6 Å². The average molecular weight is 409 g/mol. The summed E-state index contributed by atoms with van der Waals surface area (Å²) in [5.74, 6) is -0.283. The molecule has 0 aromatic heterocycles. The van der Waals surface area contributed by atoms with Crippen LogP contribution in [0.4, 0.5) is 5.69 Å². The van der Waals surface area contributed by atoms with E-state index in [1.54, 1.807) is 24.3 Å². The number of rotatable bonds is 4. The Morgan fingerprint density at radius 3 is 2.54 bits per heavy atom. The summed E-state index contributed by atoms with van der Waals surface area (Å²) in [7, 11) is -3.83. The van der Waals surface area contributed by atoms with Crippen LogP contribution in [-0.2, 0) is 21.2 Å². The predicted molar refractivity (Wildman–Crippen MR) is 96.4 cm³/mol. The first kappa shape index (κ1) is 17.0. The van der Waals surface area contributed by atoms with Crippen molar-refractivity contribution in [3.8, 4) is 0 Å². The molecule has 1 atom stereocenters. The molecule has 0 spiro atoms. The van der Waals surface area contributed by atoms with Crippen molar-refractivity contribution >= 4 is 37.5 Å². The van der Waals surface area contributed by atoms with Crippen molar-refractivity contribution in [2.24, 2.45) is 0 Å². The zero-order chi connectivity index (χ0) is 17.3. The molecule has 1 N–H and O–H groups in total. The molecule has 126 valence electrons. The van der Waals surface area contributed by atoms with E-state index < -0.39 is 16.1 Å². The second-order valence-corrected chi connectivity index (χ2v) is 8.23. The topological polar surface area (TPSA) is 66.5 Å². The molecule has 0 radical (unpaired) electrons. The first-order valence-electron chi connectivity index (χ1n) is 7.60. The van der Waals surface area contributed by atoms with Gasteiger partial charge in [0.1, 0.15) is 6.04 Å². The Kier molecular flexibility index (Phi) is 4.64. The molecule has 0 fully saturated rings. The summed E-state index contributed by atoms with van der Waals surface area (Å²) < 4.78 is 28.4. The quantitative estimate of drug-likeness (QED) is 0.845. The molecule has 1 unspecified atom stereocenters. The average Bonchev–Trinajstić information content (AvgIpc) is 2.96. The number of halogens is 1. The Balaban J connectivity index is 2.09. The van der Waals surface area contributed by atoms with Crippen LogP contribution in [0.5, 0.6) is 0 Å². The second kappa shape index (κ2) is 6.57. The molecule has 2 aromatic carbocycles. The van der Waals surface area contributed by atoms with E-state index in [0.717, 1.165) is 10.0 Å². The van der Waals surface area contributed by atoms with Crippen molar-refractivity contribution in [3.05, 3.63) is 58.6 Å². The number of nitrogens with zero attached hydrogens (tertiary/aromatic N) is 1. The third-order valence-electron chi connectivity index (χ3n) is 3.95. The lowest BCUT2D eigenvalue weighted by molar-refractivity contribution is -0.121. The van der Waals surface area contributed by atoms with Gasteiger partial charge in [-0.3, -0.25) is 9.10 Å². The fourth-order valence-electron chi connectivity index (χ4n) is 2.87. The van der Waals surface area contributed by atoms with Crippen LogP contribution >= 0.6 is 15.9 Å². The van der Waals surface area contributed by atoms with E-state index in [-0.39, 0.29) is 10.8 Å². The minimum atomic E-state index is -3.83. The van der Waals surface area contributed by atoms with Gasteiger partial charge in [0.25, 0.3) is 10.0 Å². The van der Waals surface area contributed by atoms with Gasteiger partial charge in [0.2, 0.25) is 5.91 Å². The van der Waals surface area contributed by atoms with Gasteiger partial charge in [-0.05, 0) is 42.8 Å². The van der Waals surface area contributed by atoms with E-state index in [1.807, 2.05) is 19.1 Å². The van der Waals surface area contributed by atoms with Gasteiger partial charge in [-0.2, -0.15) is 0 Å². The maximum atomic E-state index is 13.2. The Morgan fingerprint density at radius 1 is 1.21 bits per heavy atom. The van der Waals surface area contributed by atoms with Crippen LogP contribution in [0.15, 0.2) is 57.9 Å². The molecule has 0 saturated carbocycles. The highest BCUT2D eigenvalue weighted by molar-refractivity contribution is 9.10. The summed E-state index contributed by atoms with van der Waals surface area (Å²) in [5.41, 5.74) is 1.42. The molecule has 1 aliphatic heterocycles. The van der Waals surface area contributed by atoms with E-state index in [0.29, 0.717) is 18.7 Å². The zero-order valence-corrected chi connectivity index (χ0v) is 15.5. The summed E-state index contributed by atoms with van der Waals surface area (Å²) in [6.45, 7) is 2.27. The molecule has 0 saturated heterocycles. The number of hydrogen-bond donors (Lipinski definition) is 1. The largest absolute Gasteiger partial charge is 0.355 e. The highest BCUT2D eigenvalue weighted by atomic mass is 79.9. The third-order valence-corrected chi connectivity index (χ3v) is 6.32. The van der Waals surface area contributed by atoms with Crippen molar-refractivity contribution in [2.45, 2.75) is 24.3 Å². The summed E-state index contributed by atoms with van der Waals surface area (Å²) in [4.78, 5) is 12.6. The monoisotopic (exact) mass is 408 g/mol. The standard InChI is InChI=1S/C17H17BrN2O3S/c1-2-19-17(21)16-11-12-5-3-4-6-15(12)20(16)24(22,23)14-9-7-13(18)8-10-14/h3-10,16H,2,11H2,1H3,(H,19,21). The number of benzene rings is 2. The SMILES string of the molecule is CCNC(=O)C1Cc2ccccc2N1S(=O)(=O)c1ccc(Br)cc1. The van der Waals surface area contributed by atoms with Crippen LogP contribution in [0, 0.1) is 0 Å². The van der Waals surface area contributed by atoms with Gasteiger partial charge in [0.15, 0.2) is 0 Å². The number of anilines is 1. The second-order valence-electron chi connectivity index (χ2n) is 5.50. The van der Waals surface area contributed by atoms with E-state index in [1.165, 1.54) is 16.4 Å². The Bertz CT molecular complexity index is 866. The van der Waals surface area contributed by atoms with Gasteiger partial charge < -0.3 is 5.32 Å². The number of amides is 1. The molecule has 3 rings (SSSR count). The first-order valence-corrected chi connectivity index (χ1v) is 9.84. The van der Waals surface area contributed by atoms with Gasteiger partial charge in [-0.25, -0.2) is 8.42 Å². The molecule has 0 bridgehead atoms.